The largest absolute Gasteiger partial charge is 0.357 e. The van der Waals surface area contributed by atoms with Crippen molar-refractivity contribution in [2.75, 3.05) is 18.0 Å². The Kier molecular flexibility index (Phi) is 6.01. The van der Waals surface area contributed by atoms with Crippen LogP contribution in [0.3, 0.4) is 0 Å². The summed E-state index contributed by atoms with van der Waals surface area (Å²) in [5.41, 5.74) is 4.47. The lowest BCUT2D eigenvalue weighted by Gasteiger charge is -2.27. The van der Waals surface area contributed by atoms with Gasteiger partial charge >= 0.3 is 0 Å². The van der Waals surface area contributed by atoms with Crippen LogP contribution in [0.15, 0.2) is 78.4 Å². The Morgan fingerprint density at radius 3 is 2.41 bits per heavy atom. The molecule has 3 heterocycles. The summed E-state index contributed by atoms with van der Waals surface area (Å²) in [5.74, 6) is 0.639. The molecule has 5 heteroatoms. The number of allylic oxidation sites excluding steroid dienone is 1. The van der Waals surface area contributed by atoms with Crippen LogP contribution in [0.2, 0.25) is 0 Å². The van der Waals surface area contributed by atoms with Crippen molar-refractivity contribution >= 4 is 22.3 Å². The Morgan fingerprint density at radius 1 is 1.00 bits per heavy atom. The van der Waals surface area contributed by atoms with Crippen LogP contribution < -0.4 is 10.3 Å². The van der Waals surface area contributed by atoms with E-state index in [0.29, 0.717) is 28.6 Å². The second-order valence-electron chi connectivity index (χ2n) is 9.07. The van der Waals surface area contributed by atoms with Crippen molar-refractivity contribution in [3.8, 4) is 11.1 Å². The van der Waals surface area contributed by atoms with Gasteiger partial charge in [0.2, 0.25) is 0 Å². The number of halogens is 1. The third-order valence-electron chi connectivity index (χ3n) is 6.58. The van der Waals surface area contributed by atoms with Crippen molar-refractivity contribution < 1.29 is 4.39 Å². The highest BCUT2D eigenvalue weighted by molar-refractivity contribution is 5.83. The van der Waals surface area contributed by atoms with E-state index < -0.39 is 5.82 Å². The Morgan fingerprint density at radius 2 is 1.74 bits per heavy atom. The minimum atomic E-state index is -0.403. The van der Waals surface area contributed by atoms with E-state index in [0.717, 1.165) is 35.6 Å². The number of pyridine rings is 2. The molecule has 4 aromatic rings. The molecule has 1 aliphatic rings. The predicted molar refractivity (Wildman–Crippen MR) is 138 cm³/mol. The third kappa shape index (κ3) is 4.26. The van der Waals surface area contributed by atoms with E-state index in [4.69, 9.17) is 0 Å². The van der Waals surface area contributed by atoms with E-state index in [1.807, 2.05) is 18.3 Å². The number of aromatic nitrogens is 2. The molecule has 2 aromatic heterocycles. The van der Waals surface area contributed by atoms with Gasteiger partial charge in [-0.2, -0.15) is 0 Å². The normalized spacial score (nSPS) is 13.9. The Labute approximate surface area is 199 Å². The van der Waals surface area contributed by atoms with Crippen LogP contribution in [0.25, 0.3) is 27.6 Å². The smallest absolute Gasteiger partial charge is 0.196 e. The summed E-state index contributed by atoms with van der Waals surface area (Å²) in [5, 5.41) is 0.372. The molecule has 0 atom stereocenters. The fourth-order valence-electron chi connectivity index (χ4n) is 4.71. The lowest BCUT2D eigenvalue weighted by Crippen LogP contribution is -2.29. The molecule has 0 aliphatic carbocycles. The number of piperidine rings is 1. The molecule has 1 saturated heterocycles. The van der Waals surface area contributed by atoms with E-state index >= 15 is 0 Å². The molecule has 0 saturated carbocycles. The Hall–Kier alpha value is -3.73. The topological polar surface area (TPSA) is 38.1 Å². The maximum Gasteiger partial charge on any atom is 0.196 e. The molecule has 1 aliphatic heterocycles. The van der Waals surface area contributed by atoms with Crippen molar-refractivity contribution in [1.82, 2.24) is 9.55 Å². The predicted octanol–water partition coefficient (Wildman–Crippen LogP) is 6.27. The molecular weight excluding hydrogens is 425 g/mol. The lowest BCUT2D eigenvalue weighted by atomic mass is 10.0. The Bertz CT molecular complexity index is 1400. The van der Waals surface area contributed by atoms with Gasteiger partial charge < -0.3 is 9.47 Å². The van der Waals surface area contributed by atoms with Crippen molar-refractivity contribution in [2.24, 2.45) is 0 Å². The first-order valence-corrected chi connectivity index (χ1v) is 11.8. The first-order valence-electron chi connectivity index (χ1n) is 11.8. The quantitative estimate of drug-likeness (QED) is 0.357. The van der Waals surface area contributed by atoms with Crippen molar-refractivity contribution in [2.45, 2.75) is 32.7 Å². The van der Waals surface area contributed by atoms with E-state index in [2.05, 4.69) is 40.7 Å². The number of para-hydroxylation sites is 1. The number of hydrogen-bond donors (Lipinski definition) is 0. The molecule has 0 spiro atoms. The van der Waals surface area contributed by atoms with Crippen LogP contribution >= 0.6 is 0 Å². The summed E-state index contributed by atoms with van der Waals surface area (Å²) >= 11 is 0. The van der Waals surface area contributed by atoms with Gasteiger partial charge in [0.25, 0.3) is 0 Å². The summed E-state index contributed by atoms with van der Waals surface area (Å²) in [6, 6.07) is 17.1. The lowest BCUT2D eigenvalue weighted by molar-refractivity contribution is 0.573. The molecule has 1 fully saturated rings. The molecular formula is C29H28FN3O. The van der Waals surface area contributed by atoms with Gasteiger partial charge in [0.1, 0.15) is 11.6 Å². The Balaban J connectivity index is 1.42. The first-order chi connectivity index (χ1) is 16.5. The third-order valence-corrected chi connectivity index (χ3v) is 6.58. The highest BCUT2D eigenvalue weighted by Crippen LogP contribution is 2.25. The molecule has 0 radical (unpaired) electrons. The summed E-state index contributed by atoms with van der Waals surface area (Å²) in [7, 11) is 0. The number of rotatable bonds is 5. The maximum atomic E-state index is 14.7. The van der Waals surface area contributed by atoms with Crippen LogP contribution in [-0.4, -0.2) is 22.6 Å². The average molecular weight is 454 g/mol. The second-order valence-corrected chi connectivity index (χ2v) is 9.07. The SMILES string of the molecule is C=C(C)c1cn(Cc2ccc(-c3ccc(N4CCCCC4)nc3)cc2)c2c(F)cccc2c1=O. The fourth-order valence-corrected chi connectivity index (χ4v) is 4.71. The van der Waals surface area contributed by atoms with Crippen molar-refractivity contribution in [1.29, 1.82) is 0 Å². The van der Waals surface area contributed by atoms with Gasteiger partial charge in [-0.05, 0) is 67.2 Å². The van der Waals surface area contributed by atoms with Crippen LogP contribution in [0.5, 0.6) is 0 Å². The number of benzene rings is 2. The summed E-state index contributed by atoms with van der Waals surface area (Å²) < 4.78 is 16.5. The van der Waals surface area contributed by atoms with Crippen molar-refractivity contribution in [3.63, 3.8) is 0 Å². The van der Waals surface area contributed by atoms with Crippen LogP contribution in [0, 0.1) is 5.82 Å². The molecule has 0 N–H and O–H groups in total. The van der Waals surface area contributed by atoms with Crippen molar-refractivity contribution in [3.05, 3.63) is 101 Å². The molecule has 4 nitrogen and oxygen atoms in total. The zero-order chi connectivity index (χ0) is 23.7. The maximum absolute atomic E-state index is 14.7. The zero-order valence-electron chi connectivity index (χ0n) is 19.4. The summed E-state index contributed by atoms with van der Waals surface area (Å²) in [6.45, 7) is 8.33. The minimum absolute atomic E-state index is 0.186. The molecule has 2 aromatic carbocycles. The molecule has 0 amide bonds. The number of nitrogens with zero attached hydrogens (tertiary/aromatic N) is 3. The molecule has 5 rings (SSSR count). The average Bonchev–Trinajstić information content (AvgIpc) is 2.87. The summed E-state index contributed by atoms with van der Waals surface area (Å²) in [4.78, 5) is 19.8. The van der Waals surface area contributed by atoms with Gasteiger partial charge in [-0.3, -0.25) is 4.79 Å². The standard InChI is InChI=1S/C29H28FN3O/c1-20(2)25-19-33(28-24(29(25)34)7-6-8-26(28)30)18-21-9-11-22(12-10-21)23-13-14-27(31-17-23)32-15-4-3-5-16-32/h6-14,17,19H,1,3-5,15-16,18H2,2H3. The number of fused-ring (bicyclic) bond motifs is 1. The van der Waals surface area contributed by atoms with E-state index in [1.54, 1.807) is 29.8 Å². The number of anilines is 1. The monoisotopic (exact) mass is 453 g/mol. The molecule has 172 valence electrons. The molecule has 34 heavy (non-hydrogen) atoms. The molecule has 0 bridgehead atoms. The van der Waals surface area contributed by atoms with Gasteiger partial charge in [-0.1, -0.05) is 36.9 Å². The van der Waals surface area contributed by atoms with E-state index in [-0.39, 0.29) is 5.43 Å². The van der Waals surface area contributed by atoms with Gasteiger partial charge in [-0.25, -0.2) is 9.37 Å². The molecule has 0 unspecified atom stereocenters. The second kappa shape index (κ2) is 9.26. The van der Waals surface area contributed by atoms with Crippen LogP contribution in [0.4, 0.5) is 10.2 Å². The van der Waals surface area contributed by atoms with E-state index in [1.165, 1.54) is 25.3 Å². The highest BCUT2D eigenvalue weighted by atomic mass is 19.1. The van der Waals surface area contributed by atoms with Gasteiger partial charge in [0, 0.05) is 48.5 Å². The first kappa shape index (κ1) is 22.1. The minimum Gasteiger partial charge on any atom is -0.357 e. The zero-order valence-corrected chi connectivity index (χ0v) is 19.4. The van der Waals surface area contributed by atoms with Crippen LogP contribution in [-0.2, 0) is 6.54 Å². The van der Waals surface area contributed by atoms with Gasteiger partial charge in [0.05, 0.1) is 5.52 Å². The fraction of sp³-hybridized carbons (Fsp3) is 0.241. The van der Waals surface area contributed by atoms with Gasteiger partial charge in [0.15, 0.2) is 5.43 Å². The van der Waals surface area contributed by atoms with E-state index in [9.17, 15) is 9.18 Å². The van der Waals surface area contributed by atoms with Crippen LogP contribution in [0.1, 0.15) is 37.3 Å². The highest BCUT2D eigenvalue weighted by Gasteiger charge is 2.14. The number of hydrogen-bond acceptors (Lipinski definition) is 3. The van der Waals surface area contributed by atoms with Gasteiger partial charge in [-0.15, -0.1) is 0 Å². The summed E-state index contributed by atoms with van der Waals surface area (Å²) in [6.07, 6.45) is 7.41.